The van der Waals surface area contributed by atoms with Crippen LogP contribution in [-0.2, 0) is 11.8 Å². The summed E-state index contributed by atoms with van der Waals surface area (Å²) in [7, 11) is 4.77. The van der Waals surface area contributed by atoms with Crippen LogP contribution < -0.4 is 20.1 Å². The average molecular weight is 360 g/mol. The first kappa shape index (κ1) is 19.3. The minimum atomic E-state index is -0.721. The van der Waals surface area contributed by atoms with Crippen molar-refractivity contribution < 1.29 is 19.1 Å². The molecule has 0 aliphatic rings. The number of aromatic nitrogens is 2. The molecule has 0 fully saturated rings. The smallest absolute Gasteiger partial charge is 0.252 e. The second-order valence-electron chi connectivity index (χ2n) is 6.16. The van der Waals surface area contributed by atoms with E-state index in [0.29, 0.717) is 22.9 Å². The molecule has 0 saturated heterocycles. The summed E-state index contributed by atoms with van der Waals surface area (Å²) >= 11 is 0. The number of hydrogen-bond donors (Lipinski definition) is 2. The number of carbonyl (C=O) groups is 2. The van der Waals surface area contributed by atoms with Crippen molar-refractivity contribution in [3.63, 3.8) is 0 Å². The van der Waals surface area contributed by atoms with Gasteiger partial charge in [-0.25, -0.2) is 0 Å². The SMILES string of the molecule is COc1cc(OC)cc(C(=O)N[C@H](C(=O)Nc2ccn(C)n2)C(C)C)c1. The Bertz CT molecular complexity index is 763. The molecule has 1 aromatic heterocycles. The molecule has 0 aliphatic heterocycles. The standard InChI is InChI=1S/C18H24N4O4/c1-11(2)16(18(24)19-15-6-7-22(3)21-15)20-17(23)12-8-13(25-4)10-14(9-12)26-5/h6-11,16H,1-5H3,(H,20,23)(H,19,21,24)/t16-/m0/s1. The average Bonchev–Trinajstić information content (AvgIpc) is 3.03. The van der Waals surface area contributed by atoms with Gasteiger partial charge in [-0.15, -0.1) is 0 Å². The molecule has 140 valence electrons. The summed E-state index contributed by atoms with van der Waals surface area (Å²) in [5.74, 6) is 0.580. The van der Waals surface area contributed by atoms with Crippen molar-refractivity contribution >= 4 is 17.6 Å². The topological polar surface area (TPSA) is 94.5 Å². The van der Waals surface area contributed by atoms with Crippen molar-refractivity contribution in [2.75, 3.05) is 19.5 Å². The van der Waals surface area contributed by atoms with Gasteiger partial charge in [-0.1, -0.05) is 13.8 Å². The predicted octanol–water partition coefficient (Wildman–Crippen LogP) is 1.83. The Kier molecular flexibility index (Phi) is 6.21. The molecule has 26 heavy (non-hydrogen) atoms. The van der Waals surface area contributed by atoms with E-state index < -0.39 is 11.9 Å². The fourth-order valence-corrected chi connectivity index (χ4v) is 2.38. The normalized spacial score (nSPS) is 11.8. The number of carbonyl (C=O) groups excluding carboxylic acids is 2. The van der Waals surface area contributed by atoms with Crippen LogP contribution in [0.15, 0.2) is 30.5 Å². The number of rotatable bonds is 7. The fourth-order valence-electron chi connectivity index (χ4n) is 2.38. The zero-order valence-electron chi connectivity index (χ0n) is 15.6. The first-order valence-electron chi connectivity index (χ1n) is 8.18. The summed E-state index contributed by atoms with van der Waals surface area (Å²) < 4.78 is 11.9. The molecule has 0 saturated carbocycles. The molecule has 0 spiro atoms. The van der Waals surface area contributed by atoms with Crippen molar-refractivity contribution in [2.24, 2.45) is 13.0 Å². The Morgan fingerprint density at radius 2 is 1.73 bits per heavy atom. The molecule has 0 radical (unpaired) electrons. The first-order valence-corrected chi connectivity index (χ1v) is 8.18. The molecular weight excluding hydrogens is 336 g/mol. The van der Waals surface area contributed by atoms with Crippen LogP contribution in [0.4, 0.5) is 5.82 Å². The number of nitrogens with one attached hydrogen (secondary N) is 2. The quantitative estimate of drug-likeness (QED) is 0.786. The summed E-state index contributed by atoms with van der Waals surface area (Å²) in [5, 5.41) is 9.59. The molecule has 0 bridgehead atoms. The molecule has 0 aliphatic carbocycles. The van der Waals surface area contributed by atoms with Gasteiger partial charge in [-0.05, 0) is 18.1 Å². The minimum absolute atomic E-state index is 0.116. The maximum absolute atomic E-state index is 12.6. The lowest BCUT2D eigenvalue weighted by atomic mass is 10.0. The summed E-state index contributed by atoms with van der Waals surface area (Å²) in [6, 6.07) is 5.81. The third kappa shape index (κ3) is 4.75. The number of benzene rings is 1. The Morgan fingerprint density at radius 3 is 2.19 bits per heavy atom. The predicted molar refractivity (Wildman–Crippen MR) is 97.5 cm³/mol. The van der Waals surface area contributed by atoms with E-state index in [1.54, 1.807) is 42.2 Å². The van der Waals surface area contributed by atoms with Crippen LogP contribution in [0.25, 0.3) is 0 Å². The molecule has 8 nitrogen and oxygen atoms in total. The minimum Gasteiger partial charge on any atom is -0.497 e. The van der Waals surface area contributed by atoms with Crippen LogP contribution in [0.5, 0.6) is 11.5 Å². The summed E-state index contributed by atoms with van der Waals surface area (Å²) in [6.07, 6.45) is 1.72. The lowest BCUT2D eigenvalue weighted by Gasteiger charge is -2.21. The summed E-state index contributed by atoms with van der Waals surface area (Å²) in [5.41, 5.74) is 0.345. The van der Waals surface area contributed by atoms with E-state index in [0.717, 1.165) is 0 Å². The van der Waals surface area contributed by atoms with Crippen LogP contribution >= 0.6 is 0 Å². The second-order valence-corrected chi connectivity index (χ2v) is 6.16. The molecule has 2 rings (SSSR count). The van der Waals surface area contributed by atoms with Crippen molar-refractivity contribution in [3.8, 4) is 11.5 Å². The van der Waals surface area contributed by atoms with Crippen LogP contribution in [0.2, 0.25) is 0 Å². The third-order valence-corrected chi connectivity index (χ3v) is 3.81. The highest BCUT2D eigenvalue weighted by molar-refractivity contribution is 6.01. The highest BCUT2D eigenvalue weighted by atomic mass is 16.5. The van der Waals surface area contributed by atoms with Crippen LogP contribution in [0, 0.1) is 5.92 Å². The Morgan fingerprint density at radius 1 is 1.12 bits per heavy atom. The van der Waals surface area contributed by atoms with E-state index in [4.69, 9.17) is 9.47 Å². The van der Waals surface area contributed by atoms with Gasteiger partial charge in [0.15, 0.2) is 5.82 Å². The Hall–Kier alpha value is -3.03. The lowest BCUT2D eigenvalue weighted by molar-refractivity contribution is -0.118. The van der Waals surface area contributed by atoms with Crippen LogP contribution in [0.3, 0.4) is 0 Å². The molecular formula is C18H24N4O4. The van der Waals surface area contributed by atoms with Crippen molar-refractivity contribution in [1.82, 2.24) is 15.1 Å². The van der Waals surface area contributed by atoms with Gasteiger partial charge in [-0.3, -0.25) is 14.3 Å². The molecule has 8 heteroatoms. The van der Waals surface area contributed by atoms with E-state index in [-0.39, 0.29) is 11.8 Å². The Labute approximate surface area is 152 Å². The lowest BCUT2D eigenvalue weighted by Crippen LogP contribution is -2.47. The zero-order valence-corrected chi connectivity index (χ0v) is 15.6. The van der Waals surface area contributed by atoms with Crippen molar-refractivity contribution in [2.45, 2.75) is 19.9 Å². The zero-order chi connectivity index (χ0) is 19.3. The number of hydrogen-bond acceptors (Lipinski definition) is 5. The first-order chi connectivity index (χ1) is 12.3. The summed E-state index contributed by atoms with van der Waals surface area (Å²) in [6.45, 7) is 3.71. The van der Waals surface area contributed by atoms with Crippen LogP contribution in [0.1, 0.15) is 24.2 Å². The highest BCUT2D eigenvalue weighted by Crippen LogP contribution is 2.22. The fraction of sp³-hybridized carbons (Fsp3) is 0.389. The largest absolute Gasteiger partial charge is 0.497 e. The molecule has 1 atom stereocenters. The highest BCUT2D eigenvalue weighted by Gasteiger charge is 2.25. The van der Waals surface area contributed by atoms with Gasteiger partial charge in [0.2, 0.25) is 5.91 Å². The van der Waals surface area contributed by atoms with E-state index in [1.807, 2.05) is 13.8 Å². The van der Waals surface area contributed by atoms with Gasteiger partial charge < -0.3 is 20.1 Å². The van der Waals surface area contributed by atoms with E-state index in [1.165, 1.54) is 14.2 Å². The number of methoxy groups -OCH3 is 2. The number of amides is 2. The number of ether oxygens (including phenoxy) is 2. The number of anilines is 1. The molecule has 1 heterocycles. The van der Waals surface area contributed by atoms with Crippen LogP contribution in [-0.4, -0.2) is 41.9 Å². The van der Waals surface area contributed by atoms with Gasteiger partial charge in [0.1, 0.15) is 17.5 Å². The monoisotopic (exact) mass is 360 g/mol. The second kappa shape index (κ2) is 8.37. The molecule has 1 aromatic carbocycles. The number of nitrogens with zero attached hydrogens (tertiary/aromatic N) is 2. The van der Waals surface area contributed by atoms with Gasteiger partial charge in [0.05, 0.1) is 14.2 Å². The molecule has 2 N–H and O–H groups in total. The van der Waals surface area contributed by atoms with Gasteiger partial charge in [0.25, 0.3) is 5.91 Å². The maximum atomic E-state index is 12.6. The number of aryl methyl sites for hydroxylation is 1. The van der Waals surface area contributed by atoms with E-state index in [9.17, 15) is 9.59 Å². The van der Waals surface area contributed by atoms with Gasteiger partial charge in [0, 0.05) is 30.9 Å². The third-order valence-electron chi connectivity index (χ3n) is 3.81. The maximum Gasteiger partial charge on any atom is 0.252 e. The molecule has 0 unspecified atom stereocenters. The Balaban J connectivity index is 2.16. The summed E-state index contributed by atoms with van der Waals surface area (Å²) in [4.78, 5) is 25.2. The van der Waals surface area contributed by atoms with E-state index >= 15 is 0 Å². The molecule has 2 aromatic rings. The van der Waals surface area contributed by atoms with Crippen molar-refractivity contribution in [3.05, 3.63) is 36.0 Å². The molecule has 2 amide bonds. The van der Waals surface area contributed by atoms with E-state index in [2.05, 4.69) is 15.7 Å². The van der Waals surface area contributed by atoms with Crippen molar-refractivity contribution in [1.29, 1.82) is 0 Å². The van der Waals surface area contributed by atoms with Gasteiger partial charge >= 0.3 is 0 Å². The van der Waals surface area contributed by atoms with Gasteiger partial charge in [-0.2, -0.15) is 5.10 Å².